The van der Waals surface area contributed by atoms with Gasteiger partial charge in [-0.15, -0.1) is 0 Å². The highest BCUT2D eigenvalue weighted by Crippen LogP contribution is 2.36. The van der Waals surface area contributed by atoms with E-state index in [4.69, 9.17) is 10.5 Å². The number of rotatable bonds is 2. The molecule has 1 saturated carbocycles. The van der Waals surface area contributed by atoms with Gasteiger partial charge in [-0.05, 0) is 62.1 Å². The second-order valence-corrected chi connectivity index (χ2v) is 6.79. The Bertz CT molecular complexity index is 510. The van der Waals surface area contributed by atoms with Gasteiger partial charge in [-0.25, -0.2) is 4.79 Å². The van der Waals surface area contributed by atoms with E-state index in [9.17, 15) is 4.79 Å². The van der Waals surface area contributed by atoms with Gasteiger partial charge in [0.2, 0.25) is 0 Å². The van der Waals surface area contributed by atoms with E-state index >= 15 is 0 Å². The normalized spacial score (nSPS) is 18.8. The number of benzene rings is 1. The Balaban J connectivity index is 2.04. The Hall–Kier alpha value is -1.51. The third-order valence-corrected chi connectivity index (χ3v) is 4.39. The number of ether oxygens (including phenoxy) is 1. The monoisotopic (exact) mass is 275 g/mol. The van der Waals surface area contributed by atoms with Gasteiger partial charge in [0.05, 0.1) is 5.56 Å². The zero-order valence-electron chi connectivity index (χ0n) is 13.0. The van der Waals surface area contributed by atoms with E-state index < -0.39 is 0 Å². The molecular formula is C17H25NO2. The zero-order valence-corrected chi connectivity index (χ0v) is 13.0. The van der Waals surface area contributed by atoms with Crippen LogP contribution in [0.5, 0.6) is 0 Å². The summed E-state index contributed by atoms with van der Waals surface area (Å²) in [6.45, 7) is 8.42. The Labute approximate surface area is 121 Å². The van der Waals surface area contributed by atoms with Gasteiger partial charge in [-0.3, -0.25) is 0 Å². The standard InChI is InChI=1S/C17H25NO2/c1-11-9-12(2)15(18)10-14(11)16(19)20-13-5-7-17(3,4)8-6-13/h9-10,13H,5-8,18H2,1-4H3. The molecule has 1 aromatic carbocycles. The molecule has 3 nitrogen and oxygen atoms in total. The van der Waals surface area contributed by atoms with Crippen LogP contribution in [0.4, 0.5) is 5.69 Å². The quantitative estimate of drug-likeness (QED) is 0.655. The third kappa shape index (κ3) is 3.33. The summed E-state index contributed by atoms with van der Waals surface area (Å²) in [6.07, 6.45) is 4.19. The van der Waals surface area contributed by atoms with Crippen LogP contribution in [-0.4, -0.2) is 12.1 Å². The lowest BCUT2D eigenvalue weighted by Crippen LogP contribution is -2.28. The van der Waals surface area contributed by atoms with Gasteiger partial charge in [0.1, 0.15) is 6.10 Å². The summed E-state index contributed by atoms with van der Waals surface area (Å²) >= 11 is 0. The number of carbonyl (C=O) groups excluding carboxylic acids is 1. The molecule has 1 aromatic rings. The first-order chi connectivity index (χ1) is 9.28. The highest BCUT2D eigenvalue weighted by Gasteiger charge is 2.29. The second-order valence-electron chi connectivity index (χ2n) is 6.79. The van der Waals surface area contributed by atoms with Gasteiger partial charge in [0.25, 0.3) is 0 Å². The molecule has 0 bridgehead atoms. The average molecular weight is 275 g/mol. The number of esters is 1. The first-order valence-corrected chi connectivity index (χ1v) is 7.36. The zero-order chi connectivity index (χ0) is 14.9. The van der Waals surface area contributed by atoms with Crippen molar-refractivity contribution in [2.75, 3.05) is 5.73 Å². The number of nitrogens with two attached hydrogens (primary N) is 1. The molecule has 3 heteroatoms. The maximum atomic E-state index is 12.3. The molecular weight excluding hydrogens is 250 g/mol. The van der Waals surface area contributed by atoms with Crippen molar-refractivity contribution >= 4 is 11.7 Å². The van der Waals surface area contributed by atoms with Gasteiger partial charge >= 0.3 is 5.97 Å². The van der Waals surface area contributed by atoms with Crippen LogP contribution in [-0.2, 0) is 4.74 Å². The second kappa shape index (κ2) is 5.47. The van der Waals surface area contributed by atoms with Crippen molar-refractivity contribution in [2.45, 2.75) is 59.5 Å². The molecule has 0 spiro atoms. The van der Waals surface area contributed by atoms with Crippen LogP contribution in [0, 0.1) is 19.3 Å². The number of aryl methyl sites for hydroxylation is 2. The van der Waals surface area contributed by atoms with Gasteiger partial charge in [0.15, 0.2) is 0 Å². The van der Waals surface area contributed by atoms with Crippen molar-refractivity contribution in [3.05, 3.63) is 28.8 Å². The number of hydrogen-bond acceptors (Lipinski definition) is 3. The number of anilines is 1. The average Bonchev–Trinajstić information content (AvgIpc) is 2.36. The van der Waals surface area contributed by atoms with Crippen LogP contribution in [0.15, 0.2) is 12.1 Å². The van der Waals surface area contributed by atoms with E-state index in [0.717, 1.165) is 36.8 Å². The minimum atomic E-state index is -0.237. The molecule has 0 aliphatic heterocycles. The van der Waals surface area contributed by atoms with Gasteiger partial charge < -0.3 is 10.5 Å². The van der Waals surface area contributed by atoms with Crippen molar-refractivity contribution in [1.29, 1.82) is 0 Å². The summed E-state index contributed by atoms with van der Waals surface area (Å²) in [6, 6.07) is 3.68. The van der Waals surface area contributed by atoms with Crippen molar-refractivity contribution in [3.63, 3.8) is 0 Å². The van der Waals surface area contributed by atoms with Crippen molar-refractivity contribution in [3.8, 4) is 0 Å². The fraction of sp³-hybridized carbons (Fsp3) is 0.588. The maximum absolute atomic E-state index is 12.3. The van der Waals surface area contributed by atoms with Gasteiger partial charge in [0, 0.05) is 5.69 Å². The molecule has 1 aliphatic rings. The fourth-order valence-electron chi connectivity index (χ4n) is 2.79. The van der Waals surface area contributed by atoms with Crippen molar-refractivity contribution in [1.82, 2.24) is 0 Å². The van der Waals surface area contributed by atoms with E-state index in [1.54, 1.807) is 6.07 Å². The Morgan fingerprint density at radius 3 is 2.40 bits per heavy atom. The van der Waals surface area contributed by atoms with Crippen LogP contribution in [0.1, 0.15) is 61.0 Å². The maximum Gasteiger partial charge on any atom is 0.338 e. The van der Waals surface area contributed by atoms with Crippen LogP contribution >= 0.6 is 0 Å². The minimum absolute atomic E-state index is 0.0532. The van der Waals surface area contributed by atoms with Gasteiger partial charge in [-0.1, -0.05) is 19.9 Å². The first-order valence-electron chi connectivity index (χ1n) is 7.36. The lowest BCUT2D eigenvalue weighted by molar-refractivity contribution is 0.00944. The molecule has 110 valence electrons. The highest BCUT2D eigenvalue weighted by atomic mass is 16.5. The highest BCUT2D eigenvalue weighted by molar-refractivity contribution is 5.92. The van der Waals surface area contributed by atoms with E-state index in [0.29, 0.717) is 16.7 Å². The number of hydrogen-bond donors (Lipinski definition) is 1. The van der Waals surface area contributed by atoms with E-state index in [1.807, 2.05) is 19.9 Å². The summed E-state index contributed by atoms with van der Waals surface area (Å²) in [5, 5.41) is 0. The van der Waals surface area contributed by atoms with Crippen LogP contribution in [0.2, 0.25) is 0 Å². The van der Waals surface area contributed by atoms with Crippen LogP contribution < -0.4 is 5.73 Å². The smallest absolute Gasteiger partial charge is 0.338 e. The lowest BCUT2D eigenvalue weighted by atomic mass is 9.76. The molecule has 2 rings (SSSR count). The fourth-order valence-corrected chi connectivity index (χ4v) is 2.79. The first kappa shape index (κ1) is 14.9. The van der Waals surface area contributed by atoms with Crippen molar-refractivity contribution < 1.29 is 9.53 Å². The van der Waals surface area contributed by atoms with E-state index in [1.165, 1.54) is 0 Å². The minimum Gasteiger partial charge on any atom is -0.459 e. The predicted molar refractivity (Wildman–Crippen MR) is 81.8 cm³/mol. The number of nitrogen functional groups attached to an aromatic ring is 1. The third-order valence-electron chi connectivity index (χ3n) is 4.39. The van der Waals surface area contributed by atoms with Crippen LogP contribution in [0.3, 0.4) is 0 Å². The lowest BCUT2D eigenvalue weighted by Gasteiger charge is -2.33. The summed E-state index contributed by atoms with van der Waals surface area (Å²) in [5.74, 6) is -0.237. The molecule has 0 heterocycles. The molecule has 0 radical (unpaired) electrons. The molecule has 0 aromatic heterocycles. The SMILES string of the molecule is Cc1cc(C)c(C(=O)OC2CCC(C)(C)CC2)cc1N. The summed E-state index contributed by atoms with van der Waals surface area (Å²) in [4.78, 5) is 12.3. The van der Waals surface area contributed by atoms with Crippen molar-refractivity contribution in [2.24, 2.45) is 5.41 Å². The Morgan fingerprint density at radius 2 is 1.80 bits per heavy atom. The molecule has 1 aliphatic carbocycles. The van der Waals surface area contributed by atoms with E-state index in [-0.39, 0.29) is 12.1 Å². The predicted octanol–water partition coefficient (Wildman–Crippen LogP) is 4.01. The van der Waals surface area contributed by atoms with E-state index in [2.05, 4.69) is 13.8 Å². The summed E-state index contributed by atoms with van der Waals surface area (Å²) < 4.78 is 5.65. The molecule has 0 atom stereocenters. The molecule has 0 saturated heterocycles. The largest absolute Gasteiger partial charge is 0.459 e. The molecule has 0 amide bonds. The van der Waals surface area contributed by atoms with Crippen LogP contribution in [0.25, 0.3) is 0 Å². The molecule has 1 fully saturated rings. The Kier molecular flexibility index (Phi) is 4.07. The molecule has 2 N–H and O–H groups in total. The van der Waals surface area contributed by atoms with Gasteiger partial charge in [-0.2, -0.15) is 0 Å². The topological polar surface area (TPSA) is 52.3 Å². The molecule has 0 unspecified atom stereocenters. The summed E-state index contributed by atoms with van der Waals surface area (Å²) in [5.41, 5.74) is 9.44. The number of carbonyl (C=O) groups is 1. The summed E-state index contributed by atoms with van der Waals surface area (Å²) in [7, 11) is 0. The Morgan fingerprint density at radius 1 is 1.20 bits per heavy atom. The molecule has 20 heavy (non-hydrogen) atoms.